The predicted octanol–water partition coefficient (Wildman–Crippen LogP) is 3.54. The Morgan fingerprint density at radius 3 is 2.48 bits per heavy atom. The SMILES string of the molecule is COCc1nn2c(c1-c1ccc(OC)c(OC)c1)NC(=O)C2CC(=O)Nc1ccc(C)cc1. The molecule has 0 saturated carbocycles. The summed E-state index contributed by atoms with van der Waals surface area (Å²) in [5, 5.41) is 10.3. The van der Waals surface area contributed by atoms with Crippen LogP contribution in [0.5, 0.6) is 11.5 Å². The maximum atomic E-state index is 12.8. The van der Waals surface area contributed by atoms with Gasteiger partial charge in [0, 0.05) is 12.8 Å². The number of aryl methyl sites for hydroxylation is 1. The van der Waals surface area contributed by atoms with Crippen molar-refractivity contribution in [1.82, 2.24) is 9.78 Å². The third-order valence-electron chi connectivity index (χ3n) is 5.49. The van der Waals surface area contributed by atoms with E-state index < -0.39 is 6.04 Å². The molecule has 1 aliphatic heterocycles. The van der Waals surface area contributed by atoms with Crippen LogP contribution in [0.4, 0.5) is 11.5 Å². The number of fused-ring (bicyclic) bond motifs is 1. The van der Waals surface area contributed by atoms with Gasteiger partial charge in [0.2, 0.25) is 5.91 Å². The molecular weight excluding hydrogens is 424 g/mol. The fourth-order valence-corrected chi connectivity index (χ4v) is 3.87. The van der Waals surface area contributed by atoms with Gasteiger partial charge in [-0.3, -0.25) is 9.59 Å². The van der Waals surface area contributed by atoms with Crippen molar-refractivity contribution < 1.29 is 23.8 Å². The number of ether oxygens (including phenoxy) is 3. The molecule has 33 heavy (non-hydrogen) atoms. The third-order valence-corrected chi connectivity index (χ3v) is 5.49. The highest BCUT2D eigenvalue weighted by molar-refractivity contribution is 6.04. The molecule has 2 amide bonds. The number of methoxy groups -OCH3 is 3. The molecular formula is C24H26N4O5. The van der Waals surface area contributed by atoms with E-state index in [0.717, 1.165) is 11.1 Å². The van der Waals surface area contributed by atoms with E-state index in [0.29, 0.717) is 34.3 Å². The van der Waals surface area contributed by atoms with Gasteiger partial charge in [-0.2, -0.15) is 5.10 Å². The number of carbonyl (C=O) groups is 2. The number of aromatic nitrogens is 2. The largest absolute Gasteiger partial charge is 0.493 e. The molecule has 1 aromatic heterocycles. The minimum atomic E-state index is -0.769. The summed E-state index contributed by atoms with van der Waals surface area (Å²) in [6.45, 7) is 2.21. The Kier molecular flexibility index (Phi) is 6.32. The smallest absolute Gasteiger partial charge is 0.251 e. The number of nitrogens with one attached hydrogen (secondary N) is 2. The zero-order valence-electron chi connectivity index (χ0n) is 19.0. The summed E-state index contributed by atoms with van der Waals surface area (Å²) < 4.78 is 17.7. The summed E-state index contributed by atoms with van der Waals surface area (Å²) in [6, 6.07) is 12.2. The second-order valence-corrected chi connectivity index (χ2v) is 7.74. The van der Waals surface area contributed by atoms with Crippen molar-refractivity contribution in [1.29, 1.82) is 0 Å². The Morgan fingerprint density at radius 1 is 1.09 bits per heavy atom. The Bertz CT molecular complexity index is 1190. The molecule has 9 heteroatoms. The summed E-state index contributed by atoms with van der Waals surface area (Å²) in [4.78, 5) is 25.4. The summed E-state index contributed by atoms with van der Waals surface area (Å²) in [5.74, 6) is 1.10. The van der Waals surface area contributed by atoms with E-state index in [1.165, 1.54) is 0 Å². The molecule has 2 aromatic carbocycles. The molecule has 1 atom stereocenters. The average molecular weight is 450 g/mol. The summed E-state index contributed by atoms with van der Waals surface area (Å²) in [5.41, 5.74) is 3.91. The molecule has 2 heterocycles. The first-order chi connectivity index (χ1) is 15.9. The van der Waals surface area contributed by atoms with E-state index in [2.05, 4.69) is 15.7 Å². The monoisotopic (exact) mass is 450 g/mol. The average Bonchev–Trinajstić information content (AvgIpc) is 3.30. The van der Waals surface area contributed by atoms with Crippen molar-refractivity contribution in [3.05, 3.63) is 53.7 Å². The molecule has 1 unspecified atom stereocenters. The van der Waals surface area contributed by atoms with Gasteiger partial charge in [-0.15, -0.1) is 0 Å². The number of rotatable bonds is 8. The van der Waals surface area contributed by atoms with Crippen LogP contribution in [0.2, 0.25) is 0 Å². The molecule has 0 spiro atoms. The van der Waals surface area contributed by atoms with Gasteiger partial charge in [-0.1, -0.05) is 23.8 Å². The van der Waals surface area contributed by atoms with Crippen LogP contribution in [-0.4, -0.2) is 42.9 Å². The van der Waals surface area contributed by atoms with E-state index in [1.54, 1.807) is 32.1 Å². The van der Waals surface area contributed by atoms with E-state index in [9.17, 15) is 9.59 Å². The van der Waals surface area contributed by atoms with Crippen molar-refractivity contribution in [3.8, 4) is 22.6 Å². The minimum Gasteiger partial charge on any atom is -0.493 e. The summed E-state index contributed by atoms with van der Waals surface area (Å²) in [6.07, 6.45) is -0.0494. The lowest BCUT2D eigenvalue weighted by atomic mass is 10.0. The maximum Gasteiger partial charge on any atom is 0.251 e. The standard InChI is InChI=1S/C24H26N4O5/c1-14-5-8-16(9-6-14)25-21(29)12-18-24(30)26-23-22(17(13-31-2)27-28(18)23)15-7-10-19(32-3)20(11-15)33-4/h5-11,18H,12-13H2,1-4H3,(H,25,29)(H,26,30). The van der Waals surface area contributed by atoms with Gasteiger partial charge in [-0.25, -0.2) is 4.68 Å². The second kappa shape index (κ2) is 9.33. The molecule has 0 bridgehead atoms. The Hall–Kier alpha value is -3.85. The van der Waals surface area contributed by atoms with Gasteiger partial charge in [0.1, 0.15) is 11.9 Å². The first kappa shape index (κ1) is 22.3. The number of carbonyl (C=O) groups excluding carboxylic acids is 2. The van der Waals surface area contributed by atoms with Crippen LogP contribution in [0.15, 0.2) is 42.5 Å². The van der Waals surface area contributed by atoms with E-state index in [-0.39, 0.29) is 24.8 Å². The summed E-state index contributed by atoms with van der Waals surface area (Å²) in [7, 11) is 4.70. The van der Waals surface area contributed by atoms with Crippen molar-refractivity contribution in [2.24, 2.45) is 0 Å². The van der Waals surface area contributed by atoms with Crippen LogP contribution in [0.1, 0.15) is 23.7 Å². The maximum absolute atomic E-state index is 12.8. The van der Waals surface area contributed by atoms with E-state index in [4.69, 9.17) is 14.2 Å². The van der Waals surface area contributed by atoms with Crippen molar-refractivity contribution in [3.63, 3.8) is 0 Å². The van der Waals surface area contributed by atoms with Crippen LogP contribution in [-0.2, 0) is 20.9 Å². The van der Waals surface area contributed by atoms with Gasteiger partial charge in [0.25, 0.3) is 5.91 Å². The molecule has 0 fully saturated rings. The molecule has 4 rings (SSSR count). The Balaban J connectivity index is 1.65. The highest BCUT2D eigenvalue weighted by atomic mass is 16.5. The number of amides is 2. The first-order valence-electron chi connectivity index (χ1n) is 10.4. The first-order valence-corrected chi connectivity index (χ1v) is 10.4. The molecule has 9 nitrogen and oxygen atoms in total. The zero-order chi connectivity index (χ0) is 23.5. The highest BCUT2D eigenvalue weighted by Crippen LogP contribution is 2.41. The van der Waals surface area contributed by atoms with Gasteiger partial charge in [-0.05, 0) is 36.8 Å². The fraction of sp³-hybridized carbons (Fsp3) is 0.292. The lowest BCUT2D eigenvalue weighted by Gasteiger charge is -2.11. The zero-order valence-corrected chi connectivity index (χ0v) is 19.0. The molecule has 0 saturated heterocycles. The van der Waals surface area contributed by atoms with Crippen LogP contribution >= 0.6 is 0 Å². The second-order valence-electron chi connectivity index (χ2n) is 7.74. The quantitative estimate of drug-likeness (QED) is 0.544. The number of nitrogens with zero attached hydrogens (tertiary/aromatic N) is 2. The number of hydrogen-bond acceptors (Lipinski definition) is 6. The number of anilines is 2. The van der Waals surface area contributed by atoms with Gasteiger partial charge in [0.15, 0.2) is 11.5 Å². The van der Waals surface area contributed by atoms with Crippen LogP contribution in [0, 0.1) is 6.92 Å². The highest BCUT2D eigenvalue weighted by Gasteiger charge is 2.37. The Morgan fingerprint density at radius 2 is 1.82 bits per heavy atom. The fourth-order valence-electron chi connectivity index (χ4n) is 3.87. The lowest BCUT2D eigenvalue weighted by molar-refractivity contribution is -0.123. The molecule has 0 aliphatic carbocycles. The third kappa shape index (κ3) is 4.40. The molecule has 2 N–H and O–H groups in total. The van der Waals surface area contributed by atoms with Crippen LogP contribution < -0.4 is 20.1 Å². The Labute approximate surface area is 191 Å². The normalized spacial score (nSPS) is 14.5. The number of hydrogen-bond donors (Lipinski definition) is 2. The van der Waals surface area contributed by atoms with Gasteiger partial charge in [0.05, 0.1) is 38.5 Å². The summed E-state index contributed by atoms with van der Waals surface area (Å²) >= 11 is 0. The molecule has 3 aromatic rings. The van der Waals surface area contributed by atoms with Gasteiger partial charge >= 0.3 is 0 Å². The van der Waals surface area contributed by atoms with Crippen LogP contribution in [0.25, 0.3) is 11.1 Å². The van der Waals surface area contributed by atoms with Crippen molar-refractivity contribution in [2.45, 2.75) is 26.0 Å². The lowest BCUT2D eigenvalue weighted by Crippen LogP contribution is -2.24. The predicted molar refractivity (Wildman–Crippen MR) is 124 cm³/mol. The minimum absolute atomic E-state index is 0.0494. The van der Waals surface area contributed by atoms with E-state index in [1.807, 2.05) is 43.3 Å². The van der Waals surface area contributed by atoms with Crippen LogP contribution in [0.3, 0.4) is 0 Å². The molecule has 172 valence electrons. The van der Waals surface area contributed by atoms with Crippen molar-refractivity contribution in [2.75, 3.05) is 32.0 Å². The molecule has 0 radical (unpaired) electrons. The topological polar surface area (TPSA) is 104 Å². The van der Waals surface area contributed by atoms with E-state index >= 15 is 0 Å². The molecule has 1 aliphatic rings. The van der Waals surface area contributed by atoms with Crippen molar-refractivity contribution >= 4 is 23.3 Å². The number of benzene rings is 2. The van der Waals surface area contributed by atoms with Gasteiger partial charge < -0.3 is 24.8 Å².